The van der Waals surface area contributed by atoms with Crippen LogP contribution >= 0.6 is 0 Å². The monoisotopic (exact) mass is 343 g/mol. The molecule has 0 unspecified atom stereocenters. The molecule has 2 aromatic carbocycles. The smallest absolute Gasteiger partial charge is 0.321 e. The average Bonchev–Trinajstić information content (AvgIpc) is 2.62. The van der Waals surface area contributed by atoms with Crippen LogP contribution in [0.4, 0.5) is 20.6 Å². The normalized spacial score (nSPS) is 14.0. The largest absolute Gasteiger partial charge is 0.481 e. The van der Waals surface area contributed by atoms with Crippen LogP contribution in [-0.4, -0.2) is 31.6 Å². The van der Waals surface area contributed by atoms with E-state index in [9.17, 15) is 14.0 Å². The van der Waals surface area contributed by atoms with Gasteiger partial charge in [-0.3, -0.25) is 9.69 Å². The van der Waals surface area contributed by atoms with Crippen molar-refractivity contribution < 1.29 is 18.7 Å². The van der Waals surface area contributed by atoms with Crippen LogP contribution in [0.3, 0.4) is 0 Å². The number of hydrogen-bond acceptors (Lipinski definition) is 3. The average molecular weight is 343 g/mol. The van der Waals surface area contributed by atoms with Gasteiger partial charge in [0.2, 0.25) is 0 Å². The maximum absolute atomic E-state index is 13.4. The first-order valence-corrected chi connectivity index (χ1v) is 7.96. The molecular weight excluding hydrogens is 325 g/mol. The lowest BCUT2D eigenvalue weighted by Gasteiger charge is -2.27. The number of nitrogens with zero attached hydrogens (tertiary/aromatic N) is 1. The maximum Gasteiger partial charge on any atom is 0.321 e. The lowest BCUT2D eigenvalue weighted by molar-refractivity contribution is -0.118. The molecule has 7 heteroatoms. The number of carbonyl (C=O) groups excluding carboxylic acids is 2. The third-order valence-electron chi connectivity index (χ3n) is 3.74. The molecule has 0 saturated carbocycles. The third kappa shape index (κ3) is 4.26. The van der Waals surface area contributed by atoms with Crippen molar-refractivity contribution in [1.82, 2.24) is 5.32 Å². The predicted octanol–water partition coefficient (Wildman–Crippen LogP) is 2.76. The van der Waals surface area contributed by atoms with Gasteiger partial charge in [-0.05, 0) is 42.8 Å². The highest BCUT2D eigenvalue weighted by Crippen LogP contribution is 2.20. The van der Waals surface area contributed by atoms with E-state index in [4.69, 9.17) is 4.74 Å². The summed E-state index contributed by atoms with van der Waals surface area (Å²) in [7, 11) is 0. The lowest BCUT2D eigenvalue weighted by atomic mass is 10.2. The van der Waals surface area contributed by atoms with Crippen molar-refractivity contribution in [1.29, 1.82) is 0 Å². The Morgan fingerprint density at radius 2 is 1.96 bits per heavy atom. The Hall–Kier alpha value is -3.09. The Morgan fingerprint density at radius 3 is 2.68 bits per heavy atom. The van der Waals surface area contributed by atoms with Crippen LogP contribution < -0.4 is 20.3 Å². The van der Waals surface area contributed by atoms with Crippen LogP contribution in [0.15, 0.2) is 48.5 Å². The van der Waals surface area contributed by atoms with Gasteiger partial charge < -0.3 is 15.4 Å². The number of urea groups is 1. The Morgan fingerprint density at radius 1 is 1.20 bits per heavy atom. The molecule has 0 atom stereocenters. The second-order valence-electron chi connectivity index (χ2n) is 5.55. The molecule has 1 fully saturated rings. The number of carbonyl (C=O) groups is 2. The van der Waals surface area contributed by atoms with Gasteiger partial charge in [0.1, 0.15) is 0 Å². The summed E-state index contributed by atoms with van der Waals surface area (Å²) in [4.78, 5) is 25.4. The van der Waals surface area contributed by atoms with Crippen LogP contribution in [0, 0.1) is 5.82 Å². The molecule has 1 heterocycles. The van der Waals surface area contributed by atoms with E-state index in [-0.39, 0.29) is 18.4 Å². The Labute approximate surface area is 144 Å². The molecule has 0 bridgehead atoms. The third-order valence-corrected chi connectivity index (χ3v) is 3.74. The van der Waals surface area contributed by atoms with Crippen molar-refractivity contribution in [3.8, 4) is 5.75 Å². The van der Waals surface area contributed by atoms with E-state index in [0.717, 1.165) is 12.1 Å². The molecule has 1 aliphatic heterocycles. The Balaban J connectivity index is 1.55. The van der Waals surface area contributed by atoms with E-state index in [1.54, 1.807) is 41.3 Å². The van der Waals surface area contributed by atoms with E-state index >= 15 is 0 Å². The zero-order chi connectivity index (χ0) is 17.6. The van der Waals surface area contributed by atoms with Gasteiger partial charge in [-0.25, -0.2) is 9.18 Å². The minimum atomic E-state index is -0.514. The topological polar surface area (TPSA) is 70.7 Å². The quantitative estimate of drug-likeness (QED) is 0.877. The number of amides is 3. The molecule has 0 radical (unpaired) electrons. The summed E-state index contributed by atoms with van der Waals surface area (Å²) in [5.74, 6) is -0.879. The van der Waals surface area contributed by atoms with Crippen molar-refractivity contribution in [2.24, 2.45) is 0 Å². The van der Waals surface area contributed by atoms with Crippen molar-refractivity contribution in [2.45, 2.75) is 6.42 Å². The highest BCUT2D eigenvalue weighted by atomic mass is 19.1. The highest BCUT2D eigenvalue weighted by Gasteiger charge is 2.18. The fourth-order valence-corrected chi connectivity index (χ4v) is 2.50. The molecule has 0 spiro atoms. The van der Waals surface area contributed by atoms with Crippen molar-refractivity contribution in [2.75, 3.05) is 29.9 Å². The molecule has 1 aliphatic rings. The van der Waals surface area contributed by atoms with Gasteiger partial charge in [0.05, 0.1) is 0 Å². The molecule has 2 N–H and O–H groups in total. The minimum absolute atomic E-state index is 0.0316. The standard InChI is InChI=1S/C18H18FN3O3/c19-15-4-1-2-5-16(15)25-12-17(23)21-13-6-8-14(9-7-13)22-11-3-10-20-18(22)24/h1-2,4-9H,3,10-12H2,(H,20,24)(H,21,23). The summed E-state index contributed by atoms with van der Waals surface area (Å²) >= 11 is 0. The predicted molar refractivity (Wildman–Crippen MR) is 92.3 cm³/mol. The van der Waals surface area contributed by atoms with Crippen molar-refractivity contribution in [3.05, 3.63) is 54.3 Å². The fraction of sp³-hybridized carbons (Fsp3) is 0.222. The lowest BCUT2D eigenvalue weighted by Crippen LogP contribution is -2.46. The summed E-state index contributed by atoms with van der Waals surface area (Å²) < 4.78 is 18.6. The second-order valence-corrected chi connectivity index (χ2v) is 5.55. The Bertz CT molecular complexity index is 764. The number of para-hydroxylation sites is 1. The molecule has 0 aromatic heterocycles. The first kappa shape index (κ1) is 16.8. The van der Waals surface area contributed by atoms with E-state index in [2.05, 4.69) is 10.6 Å². The molecule has 2 aromatic rings. The van der Waals surface area contributed by atoms with Crippen LogP contribution in [0.2, 0.25) is 0 Å². The van der Waals surface area contributed by atoms with Crippen LogP contribution in [-0.2, 0) is 4.79 Å². The van der Waals surface area contributed by atoms with Gasteiger partial charge in [-0.1, -0.05) is 12.1 Å². The van der Waals surface area contributed by atoms with Crippen molar-refractivity contribution >= 4 is 23.3 Å². The number of nitrogens with one attached hydrogen (secondary N) is 2. The van der Waals surface area contributed by atoms with Gasteiger partial charge in [0.15, 0.2) is 18.2 Å². The van der Waals surface area contributed by atoms with Crippen LogP contribution in [0.5, 0.6) is 5.75 Å². The number of anilines is 2. The van der Waals surface area contributed by atoms with Gasteiger partial charge in [0.25, 0.3) is 5.91 Å². The summed E-state index contributed by atoms with van der Waals surface area (Å²) in [6, 6.07) is 12.7. The van der Waals surface area contributed by atoms with E-state index in [0.29, 0.717) is 18.8 Å². The molecule has 25 heavy (non-hydrogen) atoms. The molecule has 1 saturated heterocycles. The van der Waals surface area contributed by atoms with E-state index in [1.807, 2.05) is 0 Å². The summed E-state index contributed by atoms with van der Waals surface area (Å²) in [6.45, 7) is 1.05. The van der Waals surface area contributed by atoms with Gasteiger partial charge in [0, 0.05) is 24.5 Å². The molecular formula is C18H18FN3O3. The molecule has 6 nitrogen and oxygen atoms in total. The zero-order valence-electron chi connectivity index (χ0n) is 13.5. The number of rotatable bonds is 5. The van der Waals surface area contributed by atoms with E-state index in [1.165, 1.54) is 12.1 Å². The van der Waals surface area contributed by atoms with Crippen LogP contribution in [0.25, 0.3) is 0 Å². The van der Waals surface area contributed by atoms with Crippen molar-refractivity contribution in [3.63, 3.8) is 0 Å². The zero-order valence-corrected chi connectivity index (χ0v) is 13.5. The number of halogens is 1. The Kier molecular flexibility index (Phi) is 5.13. The fourth-order valence-electron chi connectivity index (χ4n) is 2.50. The number of ether oxygens (including phenoxy) is 1. The van der Waals surface area contributed by atoms with Gasteiger partial charge in [-0.2, -0.15) is 0 Å². The molecule has 3 amide bonds. The summed E-state index contributed by atoms with van der Waals surface area (Å²) in [5.41, 5.74) is 1.33. The summed E-state index contributed by atoms with van der Waals surface area (Å²) in [6.07, 6.45) is 0.887. The van der Waals surface area contributed by atoms with Crippen LogP contribution in [0.1, 0.15) is 6.42 Å². The highest BCUT2D eigenvalue weighted by molar-refractivity contribution is 5.94. The second kappa shape index (κ2) is 7.65. The SMILES string of the molecule is O=C(COc1ccccc1F)Nc1ccc(N2CCCNC2=O)cc1. The number of hydrogen-bond donors (Lipinski definition) is 2. The van der Waals surface area contributed by atoms with Gasteiger partial charge >= 0.3 is 6.03 Å². The molecule has 0 aliphatic carbocycles. The molecule has 3 rings (SSSR count). The van der Waals surface area contributed by atoms with Gasteiger partial charge in [-0.15, -0.1) is 0 Å². The maximum atomic E-state index is 13.4. The minimum Gasteiger partial charge on any atom is -0.481 e. The van der Waals surface area contributed by atoms with E-state index < -0.39 is 11.7 Å². The first-order valence-electron chi connectivity index (χ1n) is 7.96. The number of benzene rings is 2. The first-order chi connectivity index (χ1) is 12.1. The summed E-state index contributed by atoms with van der Waals surface area (Å²) in [5, 5.41) is 5.45. The molecule has 130 valence electrons.